The largest absolute Gasteiger partial charge is 0.512 e. The van der Waals surface area contributed by atoms with Crippen molar-refractivity contribution in [3.05, 3.63) is 84.2 Å². The normalized spacial score (nSPS) is 20.7. The number of aliphatic hydroxyl groups excluding tert-OH is 1. The van der Waals surface area contributed by atoms with Crippen molar-refractivity contribution in [1.82, 2.24) is 14.9 Å². The van der Waals surface area contributed by atoms with Gasteiger partial charge in [-0.1, -0.05) is 18.2 Å². The number of nitrogens with zero attached hydrogens (tertiary/aromatic N) is 3. The van der Waals surface area contributed by atoms with Gasteiger partial charge in [0.15, 0.2) is 0 Å². The number of aliphatic hydroxyl groups is 1. The summed E-state index contributed by atoms with van der Waals surface area (Å²) in [5.74, 6) is -0.560. The molecule has 6 nitrogen and oxygen atoms in total. The van der Waals surface area contributed by atoms with Crippen molar-refractivity contribution >= 4 is 5.97 Å². The third-order valence-electron chi connectivity index (χ3n) is 4.45. The molecule has 1 aliphatic heterocycles. The zero-order chi connectivity index (χ0) is 18.5. The number of esters is 1. The van der Waals surface area contributed by atoms with Crippen LogP contribution in [0.4, 0.5) is 0 Å². The molecule has 1 N–H and O–H groups in total. The van der Waals surface area contributed by atoms with Gasteiger partial charge < -0.3 is 9.84 Å². The molecule has 0 aliphatic carbocycles. The second-order valence-electron chi connectivity index (χ2n) is 5.97. The molecule has 0 aromatic carbocycles. The Morgan fingerprint density at radius 2 is 1.92 bits per heavy atom. The minimum absolute atomic E-state index is 0.00321. The van der Waals surface area contributed by atoms with Gasteiger partial charge >= 0.3 is 5.97 Å². The van der Waals surface area contributed by atoms with E-state index in [1.807, 2.05) is 36.4 Å². The molecule has 3 heterocycles. The maximum absolute atomic E-state index is 12.4. The summed E-state index contributed by atoms with van der Waals surface area (Å²) < 4.78 is 4.93. The third kappa shape index (κ3) is 3.36. The molecule has 6 heteroatoms. The van der Waals surface area contributed by atoms with Crippen molar-refractivity contribution in [3.8, 4) is 0 Å². The van der Waals surface area contributed by atoms with Gasteiger partial charge in [0.25, 0.3) is 0 Å². The Hall–Kier alpha value is -2.99. The summed E-state index contributed by atoms with van der Waals surface area (Å²) in [5.41, 5.74) is 1.67. The molecule has 0 unspecified atom stereocenters. The molecule has 3 rings (SSSR count). The number of hydrogen-bond donors (Lipinski definition) is 1. The number of aromatic nitrogens is 2. The van der Waals surface area contributed by atoms with Gasteiger partial charge in [-0.15, -0.1) is 6.58 Å². The van der Waals surface area contributed by atoms with E-state index in [9.17, 15) is 9.90 Å². The number of ether oxygens (including phenoxy) is 1. The van der Waals surface area contributed by atoms with Gasteiger partial charge in [-0.25, -0.2) is 4.79 Å². The molecule has 0 saturated heterocycles. The minimum Gasteiger partial charge on any atom is -0.512 e. The fourth-order valence-corrected chi connectivity index (χ4v) is 3.34. The number of hydrogen-bond acceptors (Lipinski definition) is 6. The van der Waals surface area contributed by atoms with Crippen LogP contribution in [0.1, 0.15) is 29.9 Å². The molecule has 0 amide bonds. The summed E-state index contributed by atoms with van der Waals surface area (Å²) in [6, 6.07) is 10.4. The lowest BCUT2D eigenvalue weighted by Crippen LogP contribution is -2.41. The summed E-state index contributed by atoms with van der Waals surface area (Å²) in [4.78, 5) is 23.3. The lowest BCUT2D eigenvalue weighted by molar-refractivity contribution is -0.137. The van der Waals surface area contributed by atoms with E-state index >= 15 is 0 Å². The quantitative estimate of drug-likeness (QED) is 0.659. The predicted molar refractivity (Wildman–Crippen MR) is 97.1 cm³/mol. The summed E-state index contributed by atoms with van der Waals surface area (Å²) in [6.07, 6.45) is 5.41. The second kappa shape index (κ2) is 7.93. The van der Waals surface area contributed by atoms with Crippen LogP contribution in [-0.4, -0.2) is 39.6 Å². The summed E-state index contributed by atoms with van der Waals surface area (Å²) >= 11 is 0. The fraction of sp³-hybridized carbons (Fsp3) is 0.250. The van der Waals surface area contributed by atoms with Crippen LogP contribution < -0.4 is 0 Å². The first-order valence-corrected chi connectivity index (χ1v) is 8.36. The summed E-state index contributed by atoms with van der Waals surface area (Å²) in [6.45, 7) is 4.34. The van der Waals surface area contributed by atoms with Crippen molar-refractivity contribution in [2.45, 2.75) is 18.5 Å². The van der Waals surface area contributed by atoms with Crippen molar-refractivity contribution < 1.29 is 14.6 Å². The van der Waals surface area contributed by atoms with E-state index in [0.29, 0.717) is 12.2 Å². The lowest BCUT2D eigenvalue weighted by atomic mass is 9.89. The van der Waals surface area contributed by atoms with Crippen LogP contribution in [-0.2, 0) is 9.53 Å². The monoisotopic (exact) mass is 351 g/mol. The van der Waals surface area contributed by atoms with E-state index in [1.165, 1.54) is 7.11 Å². The highest BCUT2D eigenvalue weighted by Gasteiger charge is 2.42. The SMILES string of the molecule is C=CCN1[C@@H](c2ccccn2)CC(O)=C(C(=O)OC)[C@H]1c1ccccn1. The highest BCUT2D eigenvalue weighted by Crippen LogP contribution is 2.43. The smallest absolute Gasteiger partial charge is 0.339 e. The third-order valence-corrected chi connectivity index (χ3v) is 4.45. The number of carbonyl (C=O) groups is 1. The first-order chi connectivity index (χ1) is 12.7. The van der Waals surface area contributed by atoms with Gasteiger partial charge in [0.1, 0.15) is 5.76 Å². The molecule has 134 valence electrons. The van der Waals surface area contributed by atoms with Crippen LogP contribution in [0.5, 0.6) is 0 Å². The fourth-order valence-electron chi connectivity index (χ4n) is 3.34. The Bertz CT molecular complexity index is 806. The molecular weight excluding hydrogens is 330 g/mol. The first kappa shape index (κ1) is 17.8. The zero-order valence-corrected chi connectivity index (χ0v) is 14.6. The second-order valence-corrected chi connectivity index (χ2v) is 5.97. The Morgan fingerprint density at radius 1 is 1.27 bits per heavy atom. The molecule has 26 heavy (non-hydrogen) atoms. The Morgan fingerprint density at radius 3 is 2.46 bits per heavy atom. The molecule has 2 aromatic heterocycles. The van der Waals surface area contributed by atoms with Crippen LogP contribution in [0.25, 0.3) is 0 Å². The van der Waals surface area contributed by atoms with Gasteiger partial charge in [0, 0.05) is 25.4 Å². The van der Waals surface area contributed by atoms with Crippen LogP contribution in [0.2, 0.25) is 0 Å². The standard InChI is InChI=1S/C20H21N3O3/c1-3-12-23-16(14-8-4-6-10-21-14)13-17(24)18(20(25)26-2)19(23)15-9-5-7-11-22-15/h3-11,16,19,24H,1,12-13H2,2H3/t16-,19-/m1/s1. The first-order valence-electron chi connectivity index (χ1n) is 8.36. The molecule has 0 bridgehead atoms. The van der Waals surface area contributed by atoms with Crippen LogP contribution in [0, 0.1) is 0 Å². The van der Waals surface area contributed by atoms with Crippen molar-refractivity contribution in [2.24, 2.45) is 0 Å². The maximum Gasteiger partial charge on any atom is 0.339 e. The molecule has 2 atom stereocenters. The van der Waals surface area contributed by atoms with Crippen LogP contribution in [0.15, 0.2) is 72.8 Å². The molecular formula is C20H21N3O3. The van der Waals surface area contributed by atoms with Crippen molar-refractivity contribution in [2.75, 3.05) is 13.7 Å². The summed E-state index contributed by atoms with van der Waals surface area (Å²) in [5, 5.41) is 10.7. The molecule has 1 aliphatic rings. The zero-order valence-electron chi connectivity index (χ0n) is 14.6. The van der Waals surface area contributed by atoms with Crippen molar-refractivity contribution in [1.29, 1.82) is 0 Å². The Labute approximate surface area is 152 Å². The Balaban J connectivity index is 2.16. The van der Waals surface area contributed by atoms with E-state index < -0.39 is 12.0 Å². The highest BCUT2D eigenvalue weighted by molar-refractivity contribution is 5.90. The molecule has 0 saturated carbocycles. The van der Waals surface area contributed by atoms with Crippen LogP contribution in [0.3, 0.4) is 0 Å². The topological polar surface area (TPSA) is 75.5 Å². The average Bonchev–Trinajstić information content (AvgIpc) is 2.69. The van der Waals surface area contributed by atoms with Crippen molar-refractivity contribution in [3.63, 3.8) is 0 Å². The average molecular weight is 351 g/mol. The maximum atomic E-state index is 12.4. The number of carbonyl (C=O) groups excluding carboxylic acids is 1. The number of rotatable bonds is 5. The summed E-state index contributed by atoms with van der Waals surface area (Å²) in [7, 11) is 1.31. The lowest BCUT2D eigenvalue weighted by Gasteiger charge is -2.41. The molecule has 0 radical (unpaired) electrons. The van der Waals surface area contributed by atoms with E-state index in [1.54, 1.807) is 18.5 Å². The molecule has 0 fully saturated rings. The molecule has 2 aromatic rings. The number of pyridine rings is 2. The van der Waals surface area contributed by atoms with Crippen LogP contribution >= 0.6 is 0 Å². The highest BCUT2D eigenvalue weighted by atomic mass is 16.5. The van der Waals surface area contributed by atoms with Gasteiger partial charge in [0.05, 0.1) is 36.2 Å². The van der Waals surface area contributed by atoms with Gasteiger partial charge in [-0.3, -0.25) is 14.9 Å². The van der Waals surface area contributed by atoms with E-state index in [-0.39, 0.29) is 23.8 Å². The molecule has 0 spiro atoms. The van der Waals surface area contributed by atoms with Gasteiger partial charge in [-0.05, 0) is 24.3 Å². The van der Waals surface area contributed by atoms with E-state index in [4.69, 9.17) is 4.74 Å². The van der Waals surface area contributed by atoms with Gasteiger partial charge in [0.2, 0.25) is 0 Å². The van der Waals surface area contributed by atoms with Gasteiger partial charge in [-0.2, -0.15) is 0 Å². The van der Waals surface area contributed by atoms with E-state index in [2.05, 4.69) is 21.4 Å². The Kier molecular flexibility index (Phi) is 5.43. The minimum atomic E-state index is -0.563. The van der Waals surface area contributed by atoms with E-state index in [0.717, 1.165) is 5.69 Å². The number of methoxy groups -OCH3 is 1. The predicted octanol–water partition coefficient (Wildman–Crippen LogP) is 3.14.